The van der Waals surface area contributed by atoms with Crippen LogP contribution in [0.25, 0.3) is 22.3 Å². The highest BCUT2D eigenvalue weighted by Crippen LogP contribution is 2.36. The van der Waals surface area contributed by atoms with E-state index in [1.807, 2.05) is 24.5 Å². The van der Waals surface area contributed by atoms with Gasteiger partial charge in [0.25, 0.3) is 0 Å². The van der Waals surface area contributed by atoms with Crippen molar-refractivity contribution < 1.29 is 4.74 Å². The van der Waals surface area contributed by atoms with Crippen LogP contribution in [0.1, 0.15) is 0 Å². The van der Waals surface area contributed by atoms with Crippen molar-refractivity contribution in [3.63, 3.8) is 0 Å². The molecule has 2 aromatic heterocycles. The zero-order valence-corrected chi connectivity index (χ0v) is 14.7. The first-order valence-corrected chi connectivity index (χ1v) is 9.25. The minimum Gasteiger partial charge on any atom is -0.378 e. The molecule has 1 aromatic carbocycles. The van der Waals surface area contributed by atoms with E-state index in [0.29, 0.717) is 24.2 Å². The SMILES string of the molecule is CSc1c(Cl)nc(-c2cccc3[nH]ncc23)nc1N1CCOCC1. The zero-order chi connectivity index (χ0) is 16.5. The highest BCUT2D eigenvalue weighted by molar-refractivity contribution is 7.98. The van der Waals surface area contributed by atoms with E-state index in [9.17, 15) is 0 Å². The maximum atomic E-state index is 6.48. The third-order valence-electron chi connectivity index (χ3n) is 4.05. The van der Waals surface area contributed by atoms with Crippen LogP contribution < -0.4 is 4.90 Å². The van der Waals surface area contributed by atoms with Crippen molar-refractivity contribution in [1.82, 2.24) is 20.2 Å². The van der Waals surface area contributed by atoms with Crippen molar-refractivity contribution in [3.8, 4) is 11.4 Å². The minimum atomic E-state index is 0.481. The Hall–Kier alpha value is -1.83. The number of halogens is 1. The molecule has 1 aliphatic rings. The lowest BCUT2D eigenvalue weighted by molar-refractivity contribution is 0.122. The molecular formula is C16H16ClN5OS. The first-order chi connectivity index (χ1) is 11.8. The quantitative estimate of drug-likeness (QED) is 0.570. The molecule has 24 heavy (non-hydrogen) atoms. The maximum absolute atomic E-state index is 6.48. The Morgan fingerprint density at radius 3 is 2.88 bits per heavy atom. The topological polar surface area (TPSA) is 66.9 Å². The van der Waals surface area contributed by atoms with Gasteiger partial charge in [-0.25, -0.2) is 9.97 Å². The molecule has 1 aliphatic heterocycles. The largest absolute Gasteiger partial charge is 0.378 e. The van der Waals surface area contributed by atoms with Gasteiger partial charge in [-0.2, -0.15) is 5.10 Å². The van der Waals surface area contributed by atoms with Gasteiger partial charge in [-0.3, -0.25) is 5.10 Å². The molecule has 8 heteroatoms. The van der Waals surface area contributed by atoms with Gasteiger partial charge in [0.2, 0.25) is 0 Å². The van der Waals surface area contributed by atoms with Gasteiger partial charge in [0.15, 0.2) is 5.82 Å². The van der Waals surface area contributed by atoms with Gasteiger partial charge in [0.05, 0.1) is 29.8 Å². The van der Waals surface area contributed by atoms with Crippen LogP contribution in [-0.2, 0) is 4.74 Å². The summed E-state index contributed by atoms with van der Waals surface area (Å²) in [5, 5.41) is 8.55. The molecule has 0 unspecified atom stereocenters. The number of thioether (sulfide) groups is 1. The second kappa shape index (κ2) is 6.58. The van der Waals surface area contributed by atoms with E-state index in [-0.39, 0.29) is 0 Å². The number of nitrogens with zero attached hydrogens (tertiary/aromatic N) is 4. The summed E-state index contributed by atoms with van der Waals surface area (Å²) in [4.78, 5) is 12.5. The summed E-state index contributed by atoms with van der Waals surface area (Å²) >= 11 is 8.04. The van der Waals surface area contributed by atoms with Crippen LogP contribution in [0.5, 0.6) is 0 Å². The van der Waals surface area contributed by atoms with E-state index in [2.05, 4.69) is 20.1 Å². The van der Waals surface area contributed by atoms with Crippen LogP contribution in [0, 0.1) is 0 Å². The molecule has 0 bridgehead atoms. The van der Waals surface area contributed by atoms with E-state index < -0.39 is 0 Å². The third-order valence-corrected chi connectivity index (χ3v) is 5.22. The Labute approximate surface area is 148 Å². The molecule has 3 heterocycles. The number of fused-ring (bicyclic) bond motifs is 1. The molecule has 1 saturated heterocycles. The van der Waals surface area contributed by atoms with E-state index in [4.69, 9.17) is 21.3 Å². The molecule has 0 amide bonds. The molecule has 0 atom stereocenters. The fourth-order valence-electron chi connectivity index (χ4n) is 2.86. The normalized spacial score (nSPS) is 15.2. The molecule has 1 fully saturated rings. The lowest BCUT2D eigenvalue weighted by Crippen LogP contribution is -2.37. The summed E-state index contributed by atoms with van der Waals surface area (Å²) in [6.45, 7) is 3.00. The predicted octanol–water partition coefficient (Wildman–Crippen LogP) is 3.23. The maximum Gasteiger partial charge on any atom is 0.164 e. The van der Waals surface area contributed by atoms with E-state index >= 15 is 0 Å². The number of anilines is 1. The van der Waals surface area contributed by atoms with Gasteiger partial charge in [-0.1, -0.05) is 23.7 Å². The average Bonchev–Trinajstić information content (AvgIpc) is 3.10. The Balaban J connectivity index is 1.87. The second-order valence-electron chi connectivity index (χ2n) is 5.43. The smallest absolute Gasteiger partial charge is 0.164 e. The molecule has 4 rings (SSSR count). The van der Waals surface area contributed by atoms with Crippen molar-refractivity contribution in [2.75, 3.05) is 37.5 Å². The van der Waals surface area contributed by atoms with Crippen molar-refractivity contribution >= 4 is 40.1 Å². The number of hydrogen-bond acceptors (Lipinski definition) is 6. The number of rotatable bonds is 3. The molecular weight excluding hydrogens is 346 g/mol. The summed E-state index contributed by atoms with van der Waals surface area (Å²) < 4.78 is 5.45. The van der Waals surface area contributed by atoms with Crippen molar-refractivity contribution in [2.45, 2.75) is 4.90 Å². The monoisotopic (exact) mass is 361 g/mol. The Morgan fingerprint density at radius 2 is 2.08 bits per heavy atom. The molecule has 0 radical (unpaired) electrons. The minimum absolute atomic E-state index is 0.481. The van der Waals surface area contributed by atoms with Crippen LogP contribution in [-0.4, -0.2) is 52.7 Å². The molecule has 124 valence electrons. The number of hydrogen-bond donors (Lipinski definition) is 1. The van der Waals surface area contributed by atoms with E-state index in [1.165, 1.54) is 0 Å². The molecule has 0 spiro atoms. The van der Waals surface area contributed by atoms with Crippen molar-refractivity contribution in [2.24, 2.45) is 0 Å². The van der Waals surface area contributed by atoms with Crippen LogP contribution >= 0.6 is 23.4 Å². The summed E-state index contributed by atoms with van der Waals surface area (Å²) in [5.74, 6) is 1.49. The first-order valence-electron chi connectivity index (χ1n) is 7.64. The average molecular weight is 362 g/mol. The lowest BCUT2D eigenvalue weighted by Gasteiger charge is -2.29. The van der Waals surface area contributed by atoms with Crippen LogP contribution in [0.2, 0.25) is 5.15 Å². The van der Waals surface area contributed by atoms with E-state index in [1.54, 1.807) is 18.0 Å². The van der Waals surface area contributed by atoms with Crippen molar-refractivity contribution in [3.05, 3.63) is 29.5 Å². The summed E-state index contributed by atoms with van der Waals surface area (Å²) in [5.41, 5.74) is 1.87. The number of nitrogens with one attached hydrogen (secondary N) is 1. The fourth-order valence-corrected chi connectivity index (χ4v) is 3.83. The van der Waals surface area contributed by atoms with Gasteiger partial charge in [0, 0.05) is 24.0 Å². The van der Waals surface area contributed by atoms with Crippen LogP contribution in [0.4, 0.5) is 5.82 Å². The highest BCUT2D eigenvalue weighted by atomic mass is 35.5. The molecule has 6 nitrogen and oxygen atoms in total. The van der Waals surface area contributed by atoms with Crippen molar-refractivity contribution in [1.29, 1.82) is 0 Å². The Morgan fingerprint density at radius 1 is 1.25 bits per heavy atom. The van der Waals surface area contributed by atoms with Crippen LogP contribution in [0.15, 0.2) is 29.3 Å². The first kappa shape index (κ1) is 15.7. The predicted molar refractivity (Wildman–Crippen MR) is 96.9 cm³/mol. The lowest BCUT2D eigenvalue weighted by atomic mass is 10.1. The van der Waals surface area contributed by atoms with E-state index in [0.717, 1.165) is 40.3 Å². The summed E-state index contributed by atoms with van der Waals surface area (Å²) in [7, 11) is 0. The number of morpholine rings is 1. The number of aromatic amines is 1. The van der Waals surface area contributed by atoms with Crippen LogP contribution in [0.3, 0.4) is 0 Å². The van der Waals surface area contributed by atoms with Gasteiger partial charge < -0.3 is 9.64 Å². The number of ether oxygens (including phenoxy) is 1. The van der Waals surface area contributed by atoms with Gasteiger partial charge in [0.1, 0.15) is 11.0 Å². The molecule has 0 aliphatic carbocycles. The standard InChI is InChI=1S/C16H16ClN5OS/c1-24-13-14(17)19-15(20-16(13)22-5-7-23-8-6-22)10-3-2-4-12-11(10)9-18-21-12/h2-4,9H,5-8H2,1H3,(H,18,21). The highest BCUT2D eigenvalue weighted by Gasteiger charge is 2.21. The second-order valence-corrected chi connectivity index (χ2v) is 6.61. The summed E-state index contributed by atoms with van der Waals surface area (Å²) in [6, 6.07) is 5.93. The summed E-state index contributed by atoms with van der Waals surface area (Å²) in [6.07, 6.45) is 3.78. The third kappa shape index (κ3) is 2.72. The Kier molecular flexibility index (Phi) is 4.30. The molecule has 0 saturated carbocycles. The number of aromatic nitrogens is 4. The number of H-pyrrole nitrogens is 1. The van der Waals surface area contributed by atoms with Gasteiger partial charge in [-0.15, -0.1) is 11.8 Å². The Bertz CT molecular complexity index is 878. The van der Waals surface area contributed by atoms with Gasteiger partial charge in [-0.05, 0) is 12.3 Å². The number of benzene rings is 1. The molecule has 1 N–H and O–H groups in total. The molecule has 3 aromatic rings. The zero-order valence-electron chi connectivity index (χ0n) is 13.1. The van der Waals surface area contributed by atoms with Gasteiger partial charge >= 0.3 is 0 Å². The fraction of sp³-hybridized carbons (Fsp3) is 0.312.